The SMILES string of the molecule is Cc1ncnc2c1c(F)cn2C1CCC(C(C)c2ccc3c(c2)CC3)O1. The van der Waals surface area contributed by atoms with Crippen LogP contribution in [0.3, 0.4) is 0 Å². The molecule has 3 atom stereocenters. The molecule has 2 aliphatic rings. The van der Waals surface area contributed by atoms with Crippen LogP contribution in [0.25, 0.3) is 11.0 Å². The molecule has 3 heterocycles. The number of aromatic nitrogens is 3. The van der Waals surface area contributed by atoms with E-state index in [2.05, 4.69) is 35.1 Å². The van der Waals surface area contributed by atoms with Crippen molar-refractivity contribution in [1.29, 1.82) is 0 Å². The summed E-state index contributed by atoms with van der Waals surface area (Å²) in [5, 5.41) is 0.495. The summed E-state index contributed by atoms with van der Waals surface area (Å²) in [6.07, 6.45) is 7.20. The van der Waals surface area contributed by atoms with E-state index >= 15 is 0 Å². The second-order valence-corrected chi connectivity index (χ2v) is 7.57. The van der Waals surface area contributed by atoms with Crippen LogP contribution in [-0.2, 0) is 17.6 Å². The Hall–Kier alpha value is -2.27. The summed E-state index contributed by atoms with van der Waals surface area (Å²) in [6.45, 7) is 4.04. The lowest BCUT2D eigenvalue weighted by Crippen LogP contribution is -2.18. The Balaban J connectivity index is 1.40. The van der Waals surface area contributed by atoms with E-state index in [1.165, 1.54) is 42.1 Å². The smallest absolute Gasteiger partial charge is 0.152 e. The van der Waals surface area contributed by atoms with Crippen LogP contribution in [0.15, 0.2) is 30.7 Å². The van der Waals surface area contributed by atoms with Crippen LogP contribution in [0, 0.1) is 12.7 Å². The van der Waals surface area contributed by atoms with E-state index < -0.39 is 0 Å². The molecule has 0 N–H and O–H groups in total. The van der Waals surface area contributed by atoms with Crippen molar-refractivity contribution >= 4 is 11.0 Å². The maximum absolute atomic E-state index is 14.4. The van der Waals surface area contributed by atoms with Crippen LogP contribution in [0.4, 0.5) is 4.39 Å². The van der Waals surface area contributed by atoms with Crippen molar-refractivity contribution in [3.8, 4) is 0 Å². The lowest BCUT2D eigenvalue weighted by atomic mass is 9.83. The third kappa shape index (κ3) is 2.37. The number of halogens is 1. The van der Waals surface area contributed by atoms with Gasteiger partial charge in [-0.15, -0.1) is 0 Å². The standard InChI is InChI=1S/C21H22FN3O/c1-12(15-5-3-14-4-6-16(14)9-15)18-7-8-19(26-18)25-10-17(22)20-13(2)23-11-24-21(20)25/h3,5,9-12,18-19H,4,6-8H2,1-2H3. The Morgan fingerprint density at radius 2 is 2.04 bits per heavy atom. The van der Waals surface area contributed by atoms with Gasteiger partial charge >= 0.3 is 0 Å². The summed E-state index contributed by atoms with van der Waals surface area (Å²) in [5.41, 5.74) is 5.59. The number of rotatable bonds is 3. The summed E-state index contributed by atoms with van der Waals surface area (Å²) in [7, 11) is 0. The first kappa shape index (κ1) is 15.9. The molecule has 1 fully saturated rings. The van der Waals surface area contributed by atoms with Crippen LogP contribution in [-0.4, -0.2) is 20.6 Å². The quantitative estimate of drug-likeness (QED) is 0.699. The molecule has 0 saturated carbocycles. The fourth-order valence-electron chi connectivity index (χ4n) is 4.33. The number of ether oxygens (including phenoxy) is 1. The highest BCUT2D eigenvalue weighted by Crippen LogP contribution is 2.39. The highest BCUT2D eigenvalue weighted by atomic mass is 19.1. The molecule has 1 aromatic carbocycles. The van der Waals surface area contributed by atoms with Gasteiger partial charge in [-0.25, -0.2) is 14.4 Å². The first-order valence-electron chi connectivity index (χ1n) is 9.36. The molecule has 1 aliphatic carbocycles. The maximum Gasteiger partial charge on any atom is 0.152 e. The van der Waals surface area contributed by atoms with E-state index in [1.54, 1.807) is 0 Å². The topological polar surface area (TPSA) is 39.9 Å². The highest BCUT2D eigenvalue weighted by Gasteiger charge is 2.33. The second-order valence-electron chi connectivity index (χ2n) is 7.57. The van der Waals surface area contributed by atoms with Gasteiger partial charge in [0.15, 0.2) is 5.82 Å². The van der Waals surface area contributed by atoms with Gasteiger partial charge in [-0.1, -0.05) is 25.1 Å². The summed E-state index contributed by atoms with van der Waals surface area (Å²) in [4.78, 5) is 8.40. The largest absolute Gasteiger partial charge is 0.354 e. The number of hydrogen-bond acceptors (Lipinski definition) is 3. The zero-order chi connectivity index (χ0) is 17.8. The van der Waals surface area contributed by atoms with E-state index in [0.29, 0.717) is 22.6 Å². The van der Waals surface area contributed by atoms with Crippen molar-refractivity contribution in [2.24, 2.45) is 0 Å². The van der Waals surface area contributed by atoms with E-state index in [1.807, 2.05) is 11.5 Å². The zero-order valence-electron chi connectivity index (χ0n) is 15.1. The van der Waals surface area contributed by atoms with Gasteiger partial charge in [0.05, 0.1) is 17.2 Å². The average molecular weight is 351 g/mol. The molecule has 0 spiro atoms. The molecule has 3 aromatic rings. The Labute approximate surface area is 152 Å². The molecule has 2 aromatic heterocycles. The van der Waals surface area contributed by atoms with E-state index in [0.717, 1.165) is 12.8 Å². The first-order valence-corrected chi connectivity index (χ1v) is 9.36. The fraction of sp³-hybridized carbons (Fsp3) is 0.429. The molecule has 0 amide bonds. The maximum atomic E-state index is 14.4. The molecule has 5 rings (SSSR count). The number of benzene rings is 1. The first-order chi connectivity index (χ1) is 12.6. The average Bonchev–Trinajstić information content (AvgIpc) is 3.21. The van der Waals surface area contributed by atoms with Gasteiger partial charge in [-0.2, -0.15) is 0 Å². The van der Waals surface area contributed by atoms with Crippen molar-refractivity contribution < 1.29 is 9.13 Å². The van der Waals surface area contributed by atoms with Crippen LogP contribution in [0.1, 0.15) is 54.3 Å². The number of aryl methyl sites for hydroxylation is 3. The minimum atomic E-state index is -0.277. The molecule has 0 bridgehead atoms. The predicted octanol–water partition coefficient (Wildman–Crippen LogP) is 4.46. The fourth-order valence-corrected chi connectivity index (χ4v) is 4.33. The van der Waals surface area contributed by atoms with E-state index in [9.17, 15) is 4.39 Å². The summed E-state index contributed by atoms with van der Waals surface area (Å²) >= 11 is 0. The Morgan fingerprint density at radius 3 is 2.81 bits per heavy atom. The molecular formula is C21H22FN3O. The van der Waals surface area contributed by atoms with Crippen molar-refractivity contribution in [1.82, 2.24) is 14.5 Å². The van der Waals surface area contributed by atoms with Crippen molar-refractivity contribution in [2.75, 3.05) is 0 Å². The van der Waals surface area contributed by atoms with Gasteiger partial charge in [0.25, 0.3) is 0 Å². The van der Waals surface area contributed by atoms with E-state index in [-0.39, 0.29) is 18.1 Å². The number of hydrogen-bond donors (Lipinski definition) is 0. The molecule has 0 radical (unpaired) electrons. The van der Waals surface area contributed by atoms with Gasteiger partial charge in [-0.3, -0.25) is 0 Å². The van der Waals surface area contributed by atoms with Crippen LogP contribution >= 0.6 is 0 Å². The lowest BCUT2D eigenvalue weighted by molar-refractivity contribution is -0.00584. The van der Waals surface area contributed by atoms with Crippen LogP contribution < -0.4 is 0 Å². The minimum absolute atomic E-state index is 0.140. The molecule has 1 saturated heterocycles. The third-order valence-electron chi connectivity index (χ3n) is 6.07. The monoisotopic (exact) mass is 351 g/mol. The second kappa shape index (κ2) is 5.88. The molecular weight excluding hydrogens is 329 g/mol. The molecule has 26 heavy (non-hydrogen) atoms. The molecule has 1 aliphatic heterocycles. The zero-order valence-corrected chi connectivity index (χ0v) is 15.1. The number of fused-ring (bicyclic) bond motifs is 2. The van der Waals surface area contributed by atoms with Gasteiger partial charge in [0.2, 0.25) is 0 Å². The summed E-state index contributed by atoms with van der Waals surface area (Å²) in [5.74, 6) is 0.0505. The molecule has 3 unspecified atom stereocenters. The normalized spacial score (nSPS) is 23.0. The highest BCUT2D eigenvalue weighted by molar-refractivity contribution is 5.79. The van der Waals surface area contributed by atoms with Crippen molar-refractivity contribution in [3.63, 3.8) is 0 Å². The Morgan fingerprint density at radius 1 is 1.19 bits per heavy atom. The van der Waals surface area contributed by atoms with Gasteiger partial charge < -0.3 is 9.30 Å². The van der Waals surface area contributed by atoms with Crippen molar-refractivity contribution in [2.45, 2.75) is 57.8 Å². The number of nitrogens with zero attached hydrogens (tertiary/aromatic N) is 3. The van der Waals surface area contributed by atoms with Gasteiger partial charge in [0, 0.05) is 12.1 Å². The Bertz CT molecular complexity index is 996. The van der Waals surface area contributed by atoms with E-state index in [4.69, 9.17) is 4.74 Å². The third-order valence-corrected chi connectivity index (χ3v) is 6.07. The van der Waals surface area contributed by atoms with Crippen LogP contribution in [0.5, 0.6) is 0 Å². The molecule has 4 nitrogen and oxygen atoms in total. The van der Waals surface area contributed by atoms with Gasteiger partial charge in [0.1, 0.15) is 18.2 Å². The van der Waals surface area contributed by atoms with Crippen LogP contribution in [0.2, 0.25) is 0 Å². The Kier molecular flexibility index (Phi) is 3.60. The minimum Gasteiger partial charge on any atom is -0.354 e. The molecule has 134 valence electrons. The summed E-state index contributed by atoms with van der Waals surface area (Å²) < 4.78 is 22.6. The van der Waals surface area contributed by atoms with Crippen molar-refractivity contribution in [3.05, 3.63) is 58.9 Å². The summed E-state index contributed by atoms with van der Waals surface area (Å²) in [6, 6.07) is 6.83. The lowest BCUT2D eigenvalue weighted by Gasteiger charge is -2.25. The van der Waals surface area contributed by atoms with Gasteiger partial charge in [-0.05, 0) is 49.3 Å². The predicted molar refractivity (Wildman–Crippen MR) is 97.6 cm³/mol. The molecule has 5 heteroatoms.